The Balaban J connectivity index is 2.30. The standard InChI is InChI=1S/C13H14N4O/c1-8-16-12(10-4-3-5-18-10)11-9(6-14-2)7-15-13(11)17-8/h3-5,7,14H,6H2,1-2H3,(H,15,16,17). The molecule has 3 heterocycles. The van der Waals surface area contributed by atoms with Gasteiger partial charge in [0.1, 0.15) is 17.2 Å². The van der Waals surface area contributed by atoms with Gasteiger partial charge in [-0.25, -0.2) is 9.97 Å². The number of aryl methyl sites for hydroxylation is 1. The van der Waals surface area contributed by atoms with Crippen molar-refractivity contribution in [3.05, 3.63) is 36.0 Å². The van der Waals surface area contributed by atoms with Crippen LogP contribution in [0.25, 0.3) is 22.5 Å². The van der Waals surface area contributed by atoms with E-state index in [0.717, 1.165) is 40.4 Å². The van der Waals surface area contributed by atoms with Crippen LogP contribution >= 0.6 is 0 Å². The Bertz CT molecular complexity index is 670. The molecule has 0 unspecified atom stereocenters. The van der Waals surface area contributed by atoms with E-state index in [-0.39, 0.29) is 0 Å². The normalized spacial score (nSPS) is 11.2. The van der Waals surface area contributed by atoms with Crippen LogP contribution in [0.4, 0.5) is 0 Å². The summed E-state index contributed by atoms with van der Waals surface area (Å²) in [5.41, 5.74) is 2.83. The van der Waals surface area contributed by atoms with Gasteiger partial charge in [-0.3, -0.25) is 0 Å². The summed E-state index contributed by atoms with van der Waals surface area (Å²) in [6.07, 6.45) is 3.62. The summed E-state index contributed by atoms with van der Waals surface area (Å²) in [5, 5.41) is 4.16. The molecular formula is C13H14N4O. The molecule has 0 bridgehead atoms. The average molecular weight is 242 g/mol. The van der Waals surface area contributed by atoms with E-state index >= 15 is 0 Å². The van der Waals surface area contributed by atoms with E-state index in [2.05, 4.69) is 20.3 Å². The predicted molar refractivity (Wildman–Crippen MR) is 69.1 cm³/mol. The van der Waals surface area contributed by atoms with Gasteiger partial charge >= 0.3 is 0 Å². The molecule has 2 N–H and O–H groups in total. The van der Waals surface area contributed by atoms with Gasteiger partial charge in [-0.1, -0.05) is 0 Å². The van der Waals surface area contributed by atoms with Gasteiger partial charge in [-0.05, 0) is 31.7 Å². The molecule has 0 aliphatic heterocycles. The molecule has 5 nitrogen and oxygen atoms in total. The van der Waals surface area contributed by atoms with E-state index in [4.69, 9.17) is 4.42 Å². The maximum atomic E-state index is 5.46. The molecule has 0 aliphatic rings. The van der Waals surface area contributed by atoms with E-state index in [0.29, 0.717) is 0 Å². The molecule has 0 atom stereocenters. The van der Waals surface area contributed by atoms with Crippen molar-refractivity contribution in [3.63, 3.8) is 0 Å². The molecule has 0 amide bonds. The second-order valence-corrected chi connectivity index (χ2v) is 4.16. The number of furan rings is 1. The first-order valence-electron chi connectivity index (χ1n) is 5.82. The summed E-state index contributed by atoms with van der Waals surface area (Å²) in [4.78, 5) is 12.1. The number of nitrogens with zero attached hydrogens (tertiary/aromatic N) is 2. The van der Waals surface area contributed by atoms with Crippen molar-refractivity contribution < 1.29 is 4.42 Å². The maximum Gasteiger partial charge on any atom is 0.153 e. The SMILES string of the molecule is CNCc1c[nH]c2nc(C)nc(-c3ccco3)c12. The molecule has 0 aromatic carbocycles. The van der Waals surface area contributed by atoms with E-state index in [1.807, 2.05) is 32.3 Å². The molecule has 18 heavy (non-hydrogen) atoms. The van der Waals surface area contributed by atoms with Crippen LogP contribution in [-0.4, -0.2) is 22.0 Å². The lowest BCUT2D eigenvalue weighted by Gasteiger charge is -2.03. The van der Waals surface area contributed by atoms with Crippen LogP contribution in [0.1, 0.15) is 11.4 Å². The number of hydrogen-bond donors (Lipinski definition) is 2. The number of rotatable bonds is 3. The Hall–Kier alpha value is -2.14. The molecule has 0 saturated carbocycles. The third kappa shape index (κ3) is 1.69. The van der Waals surface area contributed by atoms with Crippen LogP contribution in [0.3, 0.4) is 0 Å². The maximum absolute atomic E-state index is 5.46. The lowest BCUT2D eigenvalue weighted by atomic mass is 10.1. The van der Waals surface area contributed by atoms with E-state index < -0.39 is 0 Å². The fourth-order valence-corrected chi connectivity index (χ4v) is 2.13. The molecule has 0 saturated heterocycles. The number of H-pyrrole nitrogens is 1. The van der Waals surface area contributed by atoms with Crippen LogP contribution in [0.2, 0.25) is 0 Å². The second-order valence-electron chi connectivity index (χ2n) is 4.16. The van der Waals surface area contributed by atoms with Gasteiger partial charge in [0.15, 0.2) is 5.76 Å². The summed E-state index contributed by atoms with van der Waals surface area (Å²) in [5.74, 6) is 1.49. The summed E-state index contributed by atoms with van der Waals surface area (Å²) < 4.78 is 5.46. The molecule has 3 aromatic heterocycles. The first kappa shape index (κ1) is 11.0. The molecule has 0 aliphatic carbocycles. The average Bonchev–Trinajstić information content (AvgIpc) is 2.98. The van der Waals surface area contributed by atoms with Crippen molar-refractivity contribution >= 4 is 11.0 Å². The second kappa shape index (κ2) is 4.27. The monoisotopic (exact) mass is 242 g/mol. The van der Waals surface area contributed by atoms with Crippen molar-refractivity contribution in [2.24, 2.45) is 0 Å². The van der Waals surface area contributed by atoms with Crippen LogP contribution < -0.4 is 5.32 Å². The zero-order chi connectivity index (χ0) is 12.5. The Kier molecular flexibility index (Phi) is 2.60. The van der Waals surface area contributed by atoms with Gasteiger partial charge in [0.05, 0.1) is 11.6 Å². The van der Waals surface area contributed by atoms with Gasteiger partial charge in [0, 0.05) is 12.7 Å². The third-order valence-corrected chi connectivity index (χ3v) is 2.85. The molecule has 3 rings (SSSR count). The third-order valence-electron chi connectivity index (χ3n) is 2.85. The zero-order valence-electron chi connectivity index (χ0n) is 10.3. The van der Waals surface area contributed by atoms with Crippen molar-refractivity contribution in [1.29, 1.82) is 0 Å². The first-order chi connectivity index (χ1) is 8.79. The Morgan fingerprint density at radius 2 is 2.28 bits per heavy atom. The predicted octanol–water partition coefficient (Wildman–Crippen LogP) is 2.25. The topological polar surface area (TPSA) is 66.7 Å². The van der Waals surface area contributed by atoms with Crippen molar-refractivity contribution in [3.8, 4) is 11.5 Å². The van der Waals surface area contributed by atoms with E-state index in [1.165, 1.54) is 0 Å². The molecule has 0 radical (unpaired) electrons. The van der Waals surface area contributed by atoms with Crippen molar-refractivity contribution in [2.75, 3.05) is 7.05 Å². The number of nitrogens with one attached hydrogen (secondary N) is 2. The lowest BCUT2D eigenvalue weighted by Crippen LogP contribution is -2.05. The molecule has 92 valence electrons. The molecule has 5 heteroatoms. The molecule has 0 fully saturated rings. The van der Waals surface area contributed by atoms with Crippen LogP contribution in [0, 0.1) is 6.92 Å². The highest BCUT2D eigenvalue weighted by Crippen LogP contribution is 2.28. The van der Waals surface area contributed by atoms with Gasteiger partial charge in [0.2, 0.25) is 0 Å². The fraction of sp³-hybridized carbons (Fsp3) is 0.231. The van der Waals surface area contributed by atoms with Gasteiger partial charge < -0.3 is 14.7 Å². The van der Waals surface area contributed by atoms with E-state index in [1.54, 1.807) is 6.26 Å². The summed E-state index contributed by atoms with van der Waals surface area (Å²) >= 11 is 0. The zero-order valence-corrected chi connectivity index (χ0v) is 10.3. The lowest BCUT2D eigenvalue weighted by molar-refractivity contribution is 0.580. The molecule has 3 aromatic rings. The highest BCUT2D eigenvalue weighted by molar-refractivity contribution is 5.92. The highest BCUT2D eigenvalue weighted by atomic mass is 16.3. The number of hydrogen-bond acceptors (Lipinski definition) is 4. The Morgan fingerprint density at radius 1 is 1.39 bits per heavy atom. The summed E-state index contributed by atoms with van der Waals surface area (Å²) in [6, 6.07) is 3.78. The highest BCUT2D eigenvalue weighted by Gasteiger charge is 2.15. The smallest absolute Gasteiger partial charge is 0.153 e. The number of aromatic nitrogens is 3. The van der Waals surface area contributed by atoms with Crippen LogP contribution in [0.5, 0.6) is 0 Å². The Labute approximate surface area is 104 Å². The fourth-order valence-electron chi connectivity index (χ4n) is 2.13. The summed E-state index contributed by atoms with van der Waals surface area (Å²) in [7, 11) is 1.92. The van der Waals surface area contributed by atoms with Crippen molar-refractivity contribution in [2.45, 2.75) is 13.5 Å². The van der Waals surface area contributed by atoms with Crippen molar-refractivity contribution in [1.82, 2.24) is 20.3 Å². The minimum Gasteiger partial charge on any atom is -0.463 e. The number of aromatic amines is 1. The van der Waals surface area contributed by atoms with Gasteiger partial charge in [0.25, 0.3) is 0 Å². The summed E-state index contributed by atoms with van der Waals surface area (Å²) in [6.45, 7) is 2.64. The van der Waals surface area contributed by atoms with Gasteiger partial charge in [-0.15, -0.1) is 0 Å². The number of fused-ring (bicyclic) bond motifs is 1. The quantitative estimate of drug-likeness (QED) is 0.739. The first-order valence-corrected chi connectivity index (χ1v) is 5.82. The largest absolute Gasteiger partial charge is 0.463 e. The minimum absolute atomic E-state index is 0.728. The van der Waals surface area contributed by atoms with Crippen LogP contribution in [0.15, 0.2) is 29.0 Å². The Morgan fingerprint density at radius 3 is 3.00 bits per heavy atom. The molecule has 0 spiro atoms. The van der Waals surface area contributed by atoms with Crippen LogP contribution in [-0.2, 0) is 6.54 Å². The van der Waals surface area contributed by atoms with E-state index in [9.17, 15) is 0 Å². The molecular weight excluding hydrogens is 228 g/mol. The van der Waals surface area contributed by atoms with Gasteiger partial charge in [-0.2, -0.15) is 0 Å². The minimum atomic E-state index is 0.728.